The SMILES string of the molecule is CC(C)(C)CC(O)CNCc1cc(Cl)ccc1F. The third kappa shape index (κ3) is 5.80. The Morgan fingerprint density at radius 1 is 1.39 bits per heavy atom. The highest BCUT2D eigenvalue weighted by Gasteiger charge is 2.16. The Bertz CT molecular complexity index is 390. The zero-order chi connectivity index (χ0) is 13.8. The molecule has 0 saturated heterocycles. The van der Waals surface area contributed by atoms with Gasteiger partial charge in [-0.3, -0.25) is 0 Å². The van der Waals surface area contributed by atoms with Gasteiger partial charge in [0.25, 0.3) is 0 Å². The van der Waals surface area contributed by atoms with E-state index < -0.39 is 6.10 Å². The zero-order valence-corrected chi connectivity index (χ0v) is 11.9. The Hall–Kier alpha value is -0.640. The molecule has 18 heavy (non-hydrogen) atoms. The van der Waals surface area contributed by atoms with Crippen molar-refractivity contribution in [2.75, 3.05) is 6.54 Å². The van der Waals surface area contributed by atoms with Crippen LogP contribution in [0.1, 0.15) is 32.8 Å². The molecular formula is C14H21ClFNO. The van der Waals surface area contributed by atoms with Gasteiger partial charge in [0.15, 0.2) is 0 Å². The molecule has 0 aliphatic carbocycles. The lowest BCUT2D eigenvalue weighted by Gasteiger charge is -2.22. The van der Waals surface area contributed by atoms with Crippen molar-refractivity contribution in [3.63, 3.8) is 0 Å². The van der Waals surface area contributed by atoms with E-state index in [1.165, 1.54) is 12.1 Å². The van der Waals surface area contributed by atoms with Crippen LogP contribution in [0, 0.1) is 11.2 Å². The van der Waals surface area contributed by atoms with E-state index in [1.807, 2.05) is 0 Å². The van der Waals surface area contributed by atoms with E-state index in [0.717, 1.165) is 0 Å². The fourth-order valence-electron chi connectivity index (χ4n) is 1.83. The summed E-state index contributed by atoms with van der Waals surface area (Å²) in [5.74, 6) is -0.280. The highest BCUT2D eigenvalue weighted by molar-refractivity contribution is 6.30. The molecule has 0 bridgehead atoms. The summed E-state index contributed by atoms with van der Waals surface area (Å²) in [5, 5.41) is 13.4. The first-order valence-corrected chi connectivity index (χ1v) is 6.48. The van der Waals surface area contributed by atoms with E-state index in [1.54, 1.807) is 6.07 Å². The largest absolute Gasteiger partial charge is 0.392 e. The first-order valence-electron chi connectivity index (χ1n) is 6.10. The summed E-state index contributed by atoms with van der Waals surface area (Å²) >= 11 is 5.80. The lowest BCUT2D eigenvalue weighted by Crippen LogP contribution is -2.30. The molecule has 0 radical (unpaired) electrons. The topological polar surface area (TPSA) is 32.3 Å². The zero-order valence-electron chi connectivity index (χ0n) is 11.1. The van der Waals surface area contributed by atoms with Crippen molar-refractivity contribution in [2.45, 2.75) is 39.8 Å². The van der Waals surface area contributed by atoms with Crippen molar-refractivity contribution in [3.05, 3.63) is 34.6 Å². The van der Waals surface area contributed by atoms with Gasteiger partial charge in [0.1, 0.15) is 5.82 Å². The molecular weight excluding hydrogens is 253 g/mol. The third-order valence-corrected chi connectivity index (χ3v) is 2.79. The van der Waals surface area contributed by atoms with E-state index in [-0.39, 0.29) is 11.2 Å². The Balaban J connectivity index is 2.40. The average Bonchev–Trinajstić information content (AvgIpc) is 2.20. The van der Waals surface area contributed by atoms with Crippen molar-refractivity contribution >= 4 is 11.6 Å². The van der Waals surface area contributed by atoms with Crippen LogP contribution in [-0.2, 0) is 6.54 Å². The van der Waals surface area contributed by atoms with Crippen molar-refractivity contribution in [3.8, 4) is 0 Å². The first kappa shape index (κ1) is 15.4. The Morgan fingerprint density at radius 3 is 2.67 bits per heavy atom. The Kier molecular flexibility index (Phi) is 5.57. The average molecular weight is 274 g/mol. The van der Waals surface area contributed by atoms with Crippen LogP contribution in [-0.4, -0.2) is 17.8 Å². The number of aliphatic hydroxyl groups is 1. The molecule has 102 valence electrons. The standard InChI is InChI=1S/C14H21ClFNO/c1-14(2,3)7-12(18)9-17-8-10-6-11(15)4-5-13(10)16/h4-6,12,17-18H,7-9H2,1-3H3. The molecule has 2 N–H and O–H groups in total. The Labute approximate surface area is 113 Å². The van der Waals surface area contributed by atoms with E-state index in [0.29, 0.717) is 30.1 Å². The first-order chi connectivity index (χ1) is 8.28. The molecule has 0 amide bonds. The second-order valence-electron chi connectivity index (χ2n) is 5.79. The van der Waals surface area contributed by atoms with Crippen LogP contribution in [0.15, 0.2) is 18.2 Å². The van der Waals surface area contributed by atoms with Crippen molar-refractivity contribution < 1.29 is 9.50 Å². The fourth-order valence-corrected chi connectivity index (χ4v) is 2.03. The molecule has 1 rings (SSSR count). The number of halogens is 2. The van der Waals surface area contributed by atoms with Crippen LogP contribution in [0.5, 0.6) is 0 Å². The molecule has 0 aliphatic heterocycles. The van der Waals surface area contributed by atoms with Gasteiger partial charge in [-0.2, -0.15) is 0 Å². The van der Waals surface area contributed by atoms with Crippen LogP contribution in [0.25, 0.3) is 0 Å². The van der Waals surface area contributed by atoms with Gasteiger partial charge in [0.05, 0.1) is 6.10 Å². The van der Waals surface area contributed by atoms with Crippen molar-refractivity contribution in [1.29, 1.82) is 0 Å². The van der Waals surface area contributed by atoms with Gasteiger partial charge >= 0.3 is 0 Å². The van der Waals surface area contributed by atoms with E-state index >= 15 is 0 Å². The van der Waals surface area contributed by atoms with E-state index in [2.05, 4.69) is 26.1 Å². The lowest BCUT2D eigenvalue weighted by atomic mass is 9.89. The van der Waals surface area contributed by atoms with Crippen LogP contribution in [0.3, 0.4) is 0 Å². The molecule has 0 heterocycles. The van der Waals surface area contributed by atoms with Crippen LogP contribution >= 0.6 is 11.6 Å². The fraction of sp³-hybridized carbons (Fsp3) is 0.571. The minimum absolute atomic E-state index is 0.0857. The predicted molar refractivity (Wildman–Crippen MR) is 73.2 cm³/mol. The number of hydrogen-bond acceptors (Lipinski definition) is 2. The quantitative estimate of drug-likeness (QED) is 0.862. The minimum Gasteiger partial charge on any atom is -0.392 e. The minimum atomic E-state index is -0.424. The van der Waals surface area contributed by atoms with Crippen LogP contribution < -0.4 is 5.32 Å². The Morgan fingerprint density at radius 2 is 2.06 bits per heavy atom. The number of aliphatic hydroxyl groups excluding tert-OH is 1. The summed E-state index contributed by atoms with van der Waals surface area (Å²) in [4.78, 5) is 0. The monoisotopic (exact) mass is 273 g/mol. The summed E-state index contributed by atoms with van der Waals surface area (Å²) < 4.78 is 13.4. The van der Waals surface area contributed by atoms with Gasteiger partial charge in [0.2, 0.25) is 0 Å². The molecule has 4 heteroatoms. The van der Waals surface area contributed by atoms with Crippen molar-refractivity contribution in [1.82, 2.24) is 5.32 Å². The van der Waals surface area contributed by atoms with E-state index in [4.69, 9.17) is 11.6 Å². The molecule has 1 atom stereocenters. The molecule has 1 aromatic carbocycles. The maximum atomic E-state index is 13.4. The number of rotatable bonds is 5. The van der Waals surface area contributed by atoms with Gasteiger partial charge in [-0.15, -0.1) is 0 Å². The predicted octanol–water partition coefficient (Wildman–Crippen LogP) is 3.37. The maximum absolute atomic E-state index is 13.4. The second kappa shape index (κ2) is 6.50. The molecule has 0 fully saturated rings. The molecule has 1 aromatic rings. The molecule has 2 nitrogen and oxygen atoms in total. The second-order valence-corrected chi connectivity index (χ2v) is 6.22. The summed E-state index contributed by atoms with van der Waals surface area (Å²) in [6, 6.07) is 4.47. The van der Waals surface area contributed by atoms with Crippen LogP contribution in [0.4, 0.5) is 4.39 Å². The van der Waals surface area contributed by atoms with Gasteiger partial charge in [-0.25, -0.2) is 4.39 Å². The summed E-state index contributed by atoms with van der Waals surface area (Å²) in [5.41, 5.74) is 0.605. The van der Waals surface area contributed by atoms with Gasteiger partial charge < -0.3 is 10.4 Å². The maximum Gasteiger partial charge on any atom is 0.127 e. The summed E-state index contributed by atoms with van der Waals surface area (Å²) in [6.07, 6.45) is 0.283. The summed E-state index contributed by atoms with van der Waals surface area (Å²) in [7, 11) is 0. The smallest absolute Gasteiger partial charge is 0.127 e. The molecule has 0 saturated carbocycles. The van der Waals surface area contributed by atoms with Gasteiger partial charge in [0, 0.05) is 23.7 Å². The number of benzene rings is 1. The number of nitrogens with one attached hydrogen (secondary N) is 1. The lowest BCUT2D eigenvalue weighted by molar-refractivity contribution is 0.119. The van der Waals surface area contributed by atoms with E-state index in [9.17, 15) is 9.50 Å². The molecule has 0 spiro atoms. The molecule has 0 aliphatic rings. The molecule has 1 unspecified atom stereocenters. The summed E-state index contributed by atoms with van der Waals surface area (Å²) in [6.45, 7) is 7.05. The molecule has 0 aromatic heterocycles. The van der Waals surface area contributed by atoms with Crippen LogP contribution in [0.2, 0.25) is 5.02 Å². The highest BCUT2D eigenvalue weighted by Crippen LogP contribution is 2.20. The normalized spacial score (nSPS) is 13.7. The van der Waals surface area contributed by atoms with Gasteiger partial charge in [-0.05, 0) is 30.0 Å². The number of hydrogen-bond donors (Lipinski definition) is 2. The van der Waals surface area contributed by atoms with Gasteiger partial charge in [-0.1, -0.05) is 32.4 Å². The highest BCUT2D eigenvalue weighted by atomic mass is 35.5. The van der Waals surface area contributed by atoms with Crippen molar-refractivity contribution in [2.24, 2.45) is 5.41 Å². The third-order valence-electron chi connectivity index (χ3n) is 2.55.